The summed E-state index contributed by atoms with van der Waals surface area (Å²) >= 11 is 0. The smallest absolute Gasteiger partial charge is 0.0543 e. The van der Waals surface area contributed by atoms with Crippen molar-refractivity contribution >= 4 is 0 Å². The van der Waals surface area contributed by atoms with Crippen LogP contribution < -0.4 is 0 Å². The quantitative estimate of drug-likeness (QED) is 0.722. The number of benzene rings is 1. The number of aliphatic hydroxyl groups excluding tert-OH is 1. The fraction of sp³-hybridized carbons (Fsp3) is 0.625. The Bertz CT molecular complexity index is 437. The zero-order chi connectivity index (χ0) is 12.0. The van der Waals surface area contributed by atoms with Crippen molar-refractivity contribution < 1.29 is 5.11 Å². The minimum absolute atomic E-state index is 0.0977. The van der Waals surface area contributed by atoms with E-state index in [1.54, 1.807) is 5.56 Å². The van der Waals surface area contributed by atoms with Crippen molar-refractivity contribution in [2.75, 3.05) is 0 Å². The molecule has 3 atom stereocenters. The van der Waals surface area contributed by atoms with Gasteiger partial charge in [0, 0.05) is 0 Å². The maximum atomic E-state index is 9.98. The van der Waals surface area contributed by atoms with Gasteiger partial charge in [-0.05, 0) is 61.5 Å². The zero-order valence-electron chi connectivity index (χ0n) is 10.9. The Kier molecular flexibility index (Phi) is 2.55. The molecule has 0 amide bonds. The molecule has 0 heterocycles. The Morgan fingerprint density at radius 2 is 2.12 bits per heavy atom. The first-order valence-electron chi connectivity index (χ1n) is 6.86. The molecule has 1 fully saturated rings. The van der Waals surface area contributed by atoms with E-state index in [9.17, 15) is 5.11 Å². The normalized spacial score (nSPS) is 36.2. The van der Waals surface area contributed by atoms with E-state index in [0.717, 1.165) is 25.2 Å². The van der Waals surface area contributed by atoms with Crippen LogP contribution in [0.3, 0.4) is 0 Å². The summed E-state index contributed by atoms with van der Waals surface area (Å²) < 4.78 is 0. The van der Waals surface area contributed by atoms with Crippen LogP contribution in [0.5, 0.6) is 0 Å². The molecule has 1 aromatic carbocycles. The molecule has 92 valence electrons. The molecule has 1 saturated carbocycles. The number of fused-ring (bicyclic) bond motifs is 3. The van der Waals surface area contributed by atoms with Gasteiger partial charge in [0.2, 0.25) is 0 Å². The van der Waals surface area contributed by atoms with E-state index < -0.39 is 0 Å². The summed E-state index contributed by atoms with van der Waals surface area (Å²) in [5, 5.41) is 9.98. The Labute approximate surface area is 104 Å². The lowest BCUT2D eigenvalue weighted by atomic mass is 9.93. The second-order valence-corrected chi connectivity index (χ2v) is 6.34. The Hall–Kier alpha value is -0.820. The number of hydrogen-bond donors (Lipinski definition) is 1. The average molecular weight is 230 g/mol. The highest BCUT2D eigenvalue weighted by atomic mass is 16.3. The fourth-order valence-electron chi connectivity index (χ4n) is 3.42. The first-order chi connectivity index (χ1) is 8.08. The molecule has 1 nitrogen and oxygen atoms in total. The van der Waals surface area contributed by atoms with E-state index in [-0.39, 0.29) is 6.10 Å². The van der Waals surface area contributed by atoms with Crippen LogP contribution in [0.25, 0.3) is 0 Å². The summed E-state index contributed by atoms with van der Waals surface area (Å²) in [6.45, 7) is 4.55. The van der Waals surface area contributed by atoms with Gasteiger partial charge in [0.1, 0.15) is 0 Å². The number of rotatable bonds is 0. The van der Waals surface area contributed by atoms with Crippen molar-refractivity contribution in [1.29, 1.82) is 0 Å². The number of hydrogen-bond acceptors (Lipinski definition) is 1. The third kappa shape index (κ3) is 2.01. The first kappa shape index (κ1) is 11.3. The van der Waals surface area contributed by atoms with Crippen molar-refractivity contribution in [2.45, 2.75) is 58.0 Å². The van der Waals surface area contributed by atoms with Crippen LogP contribution in [-0.4, -0.2) is 11.2 Å². The predicted octanol–water partition coefficient (Wildman–Crippen LogP) is 3.58. The van der Waals surface area contributed by atoms with E-state index in [0.29, 0.717) is 5.41 Å². The Morgan fingerprint density at radius 1 is 1.29 bits per heavy atom. The number of aliphatic hydroxyl groups is 1. The molecule has 0 saturated heterocycles. The van der Waals surface area contributed by atoms with Crippen molar-refractivity contribution in [3.05, 3.63) is 34.9 Å². The van der Waals surface area contributed by atoms with Gasteiger partial charge in [-0.3, -0.25) is 0 Å². The molecule has 0 radical (unpaired) electrons. The third-order valence-corrected chi connectivity index (χ3v) is 4.82. The summed E-state index contributed by atoms with van der Waals surface area (Å²) in [6, 6.07) is 6.90. The zero-order valence-corrected chi connectivity index (χ0v) is 10.9. The number of aryl methyl sites for hydroxylation is 2. The lowest BCUT2D eigenvalue weighted by Gasteiger charge is -2.12. The molecule has 3 rings (SSSR count). The molecule has 0 bridgehead atoms. The van der Waals surface area contributed by atoms with Gasteiger partial charge in [-0.15, -0.1) is 0 Å². The molecule has 1 N–H and O–H groups in total. The largest absolute Gasteiger partial charge is 0.393 e. The third-order valence-electron chi connectivity index (χ3n) is 4.82. The topological polar surface area (TPSA) is 20.2 Å². The summed E-state index contributed by atoms with van der Waals surface area (Å²) in [5.74, 6) is 0.753. The maximum Gasteiger partial charge on any atom is 0.0543 e. The molecule has 2 aliphatic carbocycles. The lowest BCUT2D eigenvalue weighted by Crippen LogP contribution is -2.09. The van der Waals surface area contributed by atoms with Gasteiger partial charge in [-0.2, -0.15) is 0 Å². The van der Waals surface area contributed by atoms with Crippen LogP contribution in [0.2, 0.25) is 0 Å². The van der Waals surface area contributed by atoms with Crippen LogP contribution >= 0.6 is 0 Å². The maximum absolute atomic E-state index is 9.98. The molecular weight excluding hydrogens is 208 g/mol. The molecule has 2 aliphatic rings. The van der Waals surface area contributed by atoms with E-state index in [1.807, 2.05) is 0 Å². The molecule has 1 heteroatoms. The average Bonchev–Trinajstić information content (AvgIpc) is 2.95. The molecular formula is C16H22O. The van der Waals surface area contributed by atoms with Crippen LogP contribution in [0, 0.1) is 12.3 Å². The second kappa shape index (κ2) is 3.84. The molecule has 1 aromatic rings. The highest BCUT2D eigenvalue weighted by Gasteiger charge is 2.51. The predicted molar refractivity (Wildman–Crippen MR) is 70.2 cm³/mol. The van der Waals surface area contributed by atoms with Gasteiger partial charge in [0.25, 0.3) is 0 Å². The Balaban J connectivity index is 1.98. The van der Waals surface area contributed by atoms with Gasteiger partial charge >= 0.3 is 0 Å². The van der Waals surface area contributed by atoms with Gasteiger partial charge in [-0.25, -0.2) is 0 Å². The summed E-state index contributed by atoms with van der Waals surface area (Å²) in [4.78, 5) is 0. The summed E-state index contributed by atoms with van der Waals surface area (Å²) in [6.07, 6.45) is 5.37. The van der Waals surface area contributed by atoms with Crippen LogP contribution in [0.15, 0.2) is 18.2 Å². The van der Waals surface area contributed by atoms with E-state index in [1.165, 1.54) is 24.0 Å². The van der Waals surface area contributed by atoms with E-state index in [4.69, 9.17) is 0 Å². The van der Waals surface area contributed by atoms with Gasteiger partial charge in [0.15, 0.2) is 0 Å². The van der Waals surface area contributed by atoms with Crippen molar-refractivity contribution in [3.8, 4) is 0 Å². The van der Waals surface area contributed by atoms with Crippen molar-refractivity contribution in [2.24, 2.45) is 5.41 Å². The van der Waals surface area contributed by atoms with E-state index >= 15 is 0 Å². The molecule has 0 aromatic heterocycles. The summed E-state index contributed by atoms with van der Waals surface area (Å²) in [5.41, 5.74) is 4.86. The molecule has 1 unspecified atom stereocenters. The SMILES string of the molecule is Cc1ccc2c(c1)CC[C@H](O)CC[C@]1(C)CC21. The minimum atomic E-state index is -0.0977. The van der Waals surface area contributed by atoms with Crippen molar-refractivity contribution in [1.82, 2.24) is 0 Å². The van der Waals surface area contributed by atoms with Gasteiger partial charge in [0.05, 0.1) is 6.10 Å². The highest BCUT2D eigenvalue weighted by molar-refractivity contribution is 5.39. The summed E-state index contributed by atoms with van der Waals surface area (Å²) in [7, 11) is 0. The highest BCUT2D eigenvalue weighted by Crippen LogP contribution is 2.62. The van der Waals surface area contributed by atoms with Crippen LogP contribution in [0.1, 0.15) is 55.2 Å². The van der Waals surface area contributed by atoms with Gasteiger partial charge in [-0.1, -0.05) is 30.7 Å². The monoisotopic (exact) mass is 230 g/mol. The molecule has 17 heavy (non-hydrogen) atoms. The molecule has 0 aliphatic heterocycles. The molecule has 0 spiro atoms. The van der Waals surface area contributed by atoms with Crippen LogP contribution in [-0.2, 0) is 6.42 Å². The standard InChI is InChI=1S/C16H22O/c1-11-3-6-14-12(9-11)4-5-13(17)7-8-16(2)10-15(14)16/h3,6,9,13,15,17H,4-5,7-8,10H2,1-2H3/t13-,15?,16+/m0/s1. The van der Waals surface area contributed by atoms with E-state index in [2.05, 4.69) is 32.0 Å². The second-order valence-electron chi connectivity index (χ2n) is 6.34. The fourth-order valence-corrected chi connectivity index (χ4v) is 3.42. The first-order valence-corrected chi connectivity index (χ1v) is 6.86. The Morgan fingerprint density at radius 3 is 2.94 bits per heavy atom. The minimum Gasteiger partial charge on any atom is -0.393 e. The lowest BCUT2D eigenvalue weighted by molar-refractivity contribution is 0.145. The van der Waals surface area contributed by atoms with Crippen LogP contribution in [0.4, 0.5) is 0 Å². The van der Waals surface area contributed by atoms with Crippen molar-refractivity contribution in [3.63, 3.8) is 0 Å². The van der Waals surface area contributed by atoms with Gasteiger partial charge < -0.3 is 5.11 Å².